The van der Waals surface area contributed by atoms with Gasteiger partial charge in [-0.15, -0.1) is 0 Å². The van der Waals surface area contributed by atoms with Gasteiger partial charge in [0, 0.05) is 60.8 Å². The first-order valence-electron chi connectivity index (χ1n) is 47.6. The van der Waals surface area contributed by atoms with Gasteiger partial charge in [0.15, 0.2) is 40.8 Å². The molecule has 0 bridgehead atoms. The minimum atomic E-state index is 0.650. The van der Waals surface area contributed by atoms with E-state index in [9.17, 15) is 0 Å². The van der Waals surface area contributed by atoms with Crippen LogP contribution in [0.4, 0.5) is 0 Å². The molecule has 0 aliphatic heterocycles. The molecule has 0 spiro atoms. The van der Waals surface area contributed by atoms with Crippen molar-refractivity contribution < 1.29 is 4.42 Å². The van der Waals surface area contributed by atoms with Gasteiger partial charge in [-0.25, -0.2) is 39.9 Å². The molecule has 141 heavy (non-hydrogen) atoms. The van der Waals surface area contributed by atoms with Crippen molar-refractivity contribution in [3.8, 4) is 136 Å². The molecule has 4 aromatic heterocycles. The molecular weight excluding hydrogens is 1710 g/mol. The Kier molecular flexibility index (Phi) is 20.7. The molecule has 0 aliphatic rings. The van der Waals surface area contributed by atoms with Crippen molar-refractivity contribution in [1.82, 2.24) is 39.9 Å². The monoisotopic (exact) mass is 1790 g/mol. The molecule has 0 amide bonds. The molecule has 4 heterocycles. The van der Waals surface area contributed by atoms with Crippen molar-refractivity contribution >= 4 is 140 Å². The van der Waals surface area contributed by atoms with Crippen molar-refractivity contribution in [2.45, 2.75) is 0 Å². The van der Waals surface area contributed by atoms with Crippen LogP contribution >= 0.6 is 0 Å². The molecule has 0 radical (unpaired) electrons. The second-order valence-electron chi connectivity index (χ2n) is 35.9. The van der Waals surface area contributed by atoms with Gasteiger partial charge < -0.3 is 4.42 Å². The lowest BCUT2D eigenvalue weighted by atomic mass is 9.91. The van der Waals surface area contributed by atoms with Crippen molar-refractivity contribution in [1.29, 1.82) is 0 Å². The van der Waals surface area contributed by atoms with E-state index < -0.39 is 0 Å². The van der Waals surface area contributed by atoms with Gasteiger partial charge in [-0.1, -0.05) is 437 Å². The number of furan rings is 1. The summed E-state index contributed by atoms with van der Waals surface area (Å²) >= 11 is 0. The third kappa shape index (κ3) is 15.5. The lowest BCUT2D eigenvalue weighted by Gasteiger charge is -2.15. The van der Waals surface area contributed by atoms with Crippen LogP contribution in [0.5, 0.6) is 0 Å². The van der Waals surface area contributed by atoms with Crippen LogP contribution in [0.25, 0.3) is 276 Å². The zero-order valence-corrected chi connectivity index (χ0v) is 76.3. The SMILES string of the molecule is c1ccc(-c2ccccc2-c2cc(-c3cccc4oc5ccccc5c34)nc(-c3ccc4ccc5c6ccccc6ccc5c4c3)n2)cc1.c1ccc(-c2nc(-c3ccccc3)nc(-c3cc(-c4ccc5ccc6c7ccccc7ccc6c5c4)cc4ccccc34)n2)cc1.c1ccc(-c2nc(-c3ccccc3)nc(-c3cc4ccccc4cc3-c3ccc4ccc5c6ccccc6ccc5c4c3)n2)cc1. The fourth-order valence-corrected chi connectivity index (χ4v) is 20.5. The third-order valence-corrected chi connectivity index (χ3v) is 27.5. The molecule has 0 unspecified atom stereocenters. The van der Waals surface area contributed by atoms with Crippen LogP contribution < -0.4 is 0 Å². The fourth-order valence-electron chi connectivity index (χ4n) is 20.5. The molecule has 0 aliphatic carbocycles. The molecule has 656 valence electrons. The minimum Gasteiger partial charge on any atom is -0.456 e. The Balaban J connectivity index is 0.000000109. The second-order valence-corrected chi connectivity index (χ2v) is 35.9. The smallest absolute Gasteiger partial charge is 0.164 e. The number of para-hydroxylation sites is 1. The highest BCUT2D eigenvalue weighted by Gasteiger charge is 2.24. The average Bonchev–Trinajstić information content (AvgIpc) is 1.74. The average molecular weight is 1800 g/mol. The van der Waals surface area contributed by atoms with Gasteiger partial charge in [-0.3, -0.25) is 0 Å². The van der Waals surface area contributed by atoms with Crippen molar-refractivity contribution in [2.75, 3.05) is 0 Å². The second kappa shape index (κ2) is 35.4. The zero-order valence-electron chi connectivity index (χ0n) is 76.3. The van der Waals surface area contributed by atoms with Crippen LogP contribution in [0, 0.1) is 0 Å². The van der Waals surface area contributed by atoms with E-state index in [0.29, 0.717) is 40.8 Å². The standard InChI is InChI=1S/C46H28N2O.2C43H27N3/c1-2-11-29(12-3-1)34-15-6-7-16-37(34)41-28-42(38-18-10-20-44-45(38)39-17-8-9-19-43(39)49-44)48-46(47-41)32-22-21-31-24-25-35-33-14-5-4-13-30(33)23-26-36(35)40(31)27-32;1-3-12-30(13-4-1)41-44-42(31-14-5-2-6-15-31)46-43(45-41)40-27-34(25-33-16-8-10-18-36(33)40)32-20-19-29-22-23-37-35-17-9-7-11-28(35)21-24-38(37)39(29)26-32;1-3-12-30(13-4-1)41-44-42(31-14-5-2-6-15-31)46-43(45-41)40-26-33-17-8-7-16-32(33)25-39(40)34-20-19-29-22-23-36-35-18-10-9-11-28(35)21-24-37(36)38(29)27-34/h1-28H;2*1-27H. The predicted molar refractivity (Wildman–Crippen MR) is 587 cm³/mol. The lowest BCUT2D eigenvalue weighted by Crippen LogP contribution is -2.01. The van der Waals surface area contributed by atoms with E-state index in [1.807, 2.05) is 146 Å². The maximum absolute atomic E-state index is 6.30. The Bertz CT molecular complexity index is 9710. The van der Waals surface area contributed by atoms with E-state index in [2.05, 4.69) is 352 Å². The minimum absolute atomic E-state index is 0.650. The summed E-state index contributed by atoms with van der Waals surface area (Å²) in [6.45, 7) is 0. The van der Waals surface area contributed by atoms with Crippen LogP contribution in [0.15, 0.2) is 502 Å². The fraction of sp³-hybridized carbons (Fsp3) is 0. The van der Waals surface area contributed by atoms with Gasteiger partial charge >= 0.3 is 0 Å². The number of nitrogens with zero attached hydrogens (tertiary/aromatic N) is 8. The highest BCUT2D eigenvalue weighted by atomic mass is 16.3. The molecule has 24 aromatic carbocycles. The Morgan fingerprint density at radius 2 is 0.440 bits per heavy atom. The van der Waals surface area contributed by atoms with E-state index in [1.165, 1.54) is 102 Å². The van der Waals surface area contributed by atoms with Crippen molar-refractivity contribution in [3.63, 3.8) is 0 Å². The molecule has 28 aromatic rings. The maximum atomic E-state index is 6.30. The molecule has 9 nitrogen and oxygen atoms in total. The summed E-state index contributed by atoms with van der Waals surface area (Å²) in [5.74, 6) is 4.60. The van der Waals surface area contributed by atoms with Crippen LogP contribution in [-0.2, 0) is 0 Å². The van der Waals surface area contributed by atoms with Crippen molar-refractivity contribution in [3.05, 3.63) is 497 Å². The van der Waals surface area contributed by atoms with Gasteiger partial charge in [0.05, 0.1) is 11.4 Å². The Morgan fingerprint density at radius 1 is 0.121 bits per heavy atom. The molecule has 0 saturated heterocycles. The molecule has 9 heteroatoms. The molecule has 0 fully saturated rings. The van der Waals surface area contributed by atoms with Crippen molar-refractivity contribution in [2.24, 2.45) is 0 Å². The number of benzene rings is 24. The molecule has 0 N–H and O–H groups in total. The summed E-state index contributed by atoms with van der Waals surface area (Å²) in [4.78, 5) is 40.9. The Labute approximate surface area is 812 Å². The summed E-state index contributed by atoms with van der Waals surface area (Å²) in [6.07, 6.45) is 0. The first kappa shape index (κ1) is 82.7. The number of hydrogen-bond donors (Lipinski definition) is 0. The van der Waals surface area contributed by atoms with E-state index in [0.717, 1.165) is 133 Å². The highest BCUT2D eigenvalue weighted by molar-refractivity contribution is 6.22. The van der Waals surface area contributed by atoms with E-state index in [-0.39, 0.29) is 0 Å². The van der Waals surface area contributed by atoms with Gasteiger partial charge in [-0.05, 0) is 213 Å². The highest BCUT2D eigenvalue weighted by Crippen LogP contribution is 2.46. The molecular formula is C132H82N8O. The van der Waals surface area contributed by atoms with Crippen LogP contribution in [0.3, 0.4) is 0 Å². The molecule has 0 atom stereocenters. The predicted octanol–water partition coefficient (Wildman–Crippen LogP) is 34.8. The van der Waals surface area contributed by atoms with Crippen LogP contribution in [-0.4, -0.2) is 39.9 Å². The quantitative estimate of drug-likeness (QED) is 0.110. The normalized spacial score (nSPS) is 11.5. The molecule has 0 saturated carbocycles. The maximum Gasteiger partial charge on any atom is 0.164 e. The number of fused-ring (bicyclic) bond motifs is 20. The summed E-state index contributed by atoms with van der Waals surface area (Å²) < 4.78 is 6.30. The number of aromatic nitrogens is 8. The summed E-state index contributed by atoms with van der Waals surface area (Å²) in [5.41, 5.74) is 19.0. The Morgan fingerprint density at radius 3 is 0.929 bits per heavy atom. The third-order valence-electron chi connectivity index (χ3n) is 27.5. The Hall–Kier alpha value is -19.0. The van der Waals surface area contributed by atoms with Gasteiger partial charge in [0.25, 0.3) is 0 Å². The molecule has 28 rings (SSSR count). The first-order valence-corrected chi connectivity index (χ1v) is 47.6. The van der Waals surface area contributed by atoms with Gasteiger partial charge in [0.1, 0.15) is 11.2 Å². The van der Waals surface area contributed by atoms with E-state index in [4.69, 9.17) is 44.3 Å². The van der Waals surface area contributed by atoms with E-state index >= 15 is 0 Å². The topological polar surface area (TPSA) is 116 Å². The van der Waals surface area contributed by atoms with Crippen LogP contribution in [0.2, 0.25) is 0 Å². The van der Waals surface area contributed by atoms with E-state index in [1.54, 1.807) is 0 Å². The summed E-state index contributed by atoms with van der Waals surface area (Å²) in [6, 6.07) is 175. The first-order chi connectivity index (χ1) is 69.8. The lowest BCUT2D eigenvalue weighted by molar-refractivity contribution is 0.669. The van der Waals surface area contributed by atoms with Crippen LogP contribution in [0.1, 0.15) is 0 Å². The summed E-state index contributed by atoms with van der Waals surface area (Å²) in [7, 11) is 0. The largest absolute Gasteiger partial charge is 0.456 e. The van der Waals surface area contributed by atoms with Gasteiger partial charge in [-0.2, -0.15) is 0 Å². The van der Waals surface area contributed by atoms with Gasteiger partial charge in [0.2, 0.25) is 0 Å². The number of rotatable bonds is 12. The summed E-state index contributed by atoms with van der Waals surface area (Å²) in [5, 5.41) is 29.0. The zero-order chi connectivity index (χ0) is 93.2. The number of hydrogen-bond acceptors (Lipinski definition) is 9.